The van der Waals surface area contributed by atoms with E-state index in [0.29, 0.717) is 29.0 Å². The van der Waals surface area contributed by atoms with E-state index < -0.39 is 29.5 Å². The molecule has 2 heterocycles. The summed E-state index contributed by atoms with van der Waals surface area (Å²) in [7, 11) is 0. The van der Waals surface area contributed by atoms with Crippen LogP contribution >= 0.6 is 11.6 Å². The maximum absolute atomic E-state index is 13.4. The second-order valence-electron chi connectivity index (χ2n) is 8.43. The van der Waals surface area contributed by atoms with Crippen LogP contribution < -0.4 is 9.64 Å². The number of fused-ring (bicyclic) bond motifs is 1. The summed E-state index contributed by atoms with van der Waals surface area (Å²) in [6.45, 7) is 2.15. The fourth-order valence-corrected chi connectivity index (χ4v) is 4.56. The first-order chi connectivity index (χ1) is 18.2. The lowest BCUT2D eigenvalue weighted by atomic mass is 9.95. The number of benzene rings is 3. The number of hydrogen-bond acceptors (Lipinski definition) is 7. The van der Waals surface area contributed by atoms with Crippen molar-refractivity contribution >= 4 is 52.0 Å². The molecule has 3 aromatic carbocycles. The monoisotopic (exact) mass is 533 g/mol. The summed E-state index contributed by atoms with van der Waals surface area (Å²) in [5, 5.41) is 30.6. The summed E-state index contributed by atoms with van der Waals surface area (Å²) in [6.07, 6.45) is 0. The van der Waals surface area contributed by atoms with E-state index in [1.54, 1.807) is 13.0 Å². The quantitative estimate of drug-likeness (QED) is 0.159. The van der Waals surface area contributed by atoms with Gasteiger partial charge in [0.1, 0.15) is 17.3 Å². The number of amides is 1. The molecule has 38 heavy (non-hydrogen) atoms. The molecular weight excluding hydrogens is 514 g/mol. The van der Waals surface area contributed by atoms with Gasteiger partial charge in [-0.1, -0.05) is 23.7 Å². The van der Waals surface area contributed by atoms with Gasteiger partial charge in [0.15, 0.2) is 0 Å². The van der Waals surface area contributed by atoms with Crippen LogP contribution in [0.5, 0.6) is 11.5 Å². The highest BCUT2D eigenvalue weighted by Gasteiger charge is 2.48. The summed E-state index contributed by atoms with van der Waals surface area (Å²) in [5.41, 5.74) is 0.946. The zero-order chi connectivity index (χ0) is 27.1. The van der Waals surface area contributed by atoms with Gasteiger partial charge in [-0.25, -0.2) is 9.78 Å². The fourth-order valence-electron chi connectivity index (χ4n) is 4.35. The Morgan fingerprint density at radius 1 is 1.08 bits per heavy atom. The Morgan fingerprint density at radius 3 is 2.50 bits per heavy atom. The smallest absolute Gasteiger partial charge is 0.335 e. The average Bonchev–Trinajstić information content (AvgIpc) is 3.43. The molecule has 0 spiro atoms. The van der Waals surface area contributed by atoms with Crippen molar-refractivity contribution in [2.24, 2.45) is 0 Å². The van der Waals surface area contributed by atoms with E-state index in [-0.39, 0.29) is 33.4 Å². The van der Waals surface area contributed by atoms with Crippen molar-refractivity contribution < 1.29 is 34.4 Å². The van der Waals surface area contributed by atoms with Crippen LogP contribution in [0.1, 0.15) is 34.5 Å². The van der Waals surface area contributed by atoms with Gasteiger partial charge in [-0.15, -0.1) is 0 Å². The molecule has 0 aliphatic carbocycles. The Hall–Kier alpha value is -4.83. The number of aromatic hydroxyl groups is 1. The molecule has 11 heteroatoms. The number of Topliss-reactive ketones (excluding diaryl/α,β-unsaturated/α-hetero) is 1. The zero-order valence-corrected chi connectivity index (χ0v) is 20.6. The molecule has 5 rings (SSSR count). The summed E-state index contributed by atoms with van der Waals surface area (Å²) in [4.78, 5) is 46.6. The van der Waals surface area contributed by atoms with Gasteiger partial charge in [-0.3, -0.25) is 14.5 Å². The number of aromatic carboxylic acids is 1. The molecule has 1 atom stereocenters. The average molecular weight is 534 g/mol. The molecule has 0 radical (unpaired) electrons. The van der Waals surface area contributed by atoms with Crippen LogP contribution in [0.25, 0.3) is 16.8 Å². The number of nitrogens with one attached hydrogen (secondary N) is 1. The van der Waals surface area contributed by atoms with Crippen molar-refractivity contribution in [1.82, 2.24) is 9.97 Å². The molecule has 1 aliphatic heterocycles. The number of aliphatic hydroxyl groups is 1. The number of ether oxygens (including phenoxy) is 1. The van der Waals surface area contributed by atoms with Crippen LogP contribution in [-0.2, 0) is 9.59 Å². The number of aromatic nitrogens is 2. The third kappa shape index (κ3) is 4.20. The number of H-pyrrole nitrogens is 1. The van der Waals surface area contributed by atoms with Gasteiger partial charge >= 0.3 is 11.9 Å². The van der Waals surface area contributed by atoms with Gasteiger partial charge < -0.3 is 25.0 Å². The second kappa shape index (κ2) is 9.56. The lowest BCUT2D eigenvalue weighted by Crippen LogP contribution is -2.30. The SMILES string of the molecule is CCOc1ccc(Cl)c(/C(O)=C2\C(=O)C(=O)N(c3nc4ccc(C(=O)O)cc4[nH]3)C2c2ccc(O)cc2)c1. The predicted octanol–water partition coefficient (Wildman–Crippen LogP) is 4.65. The highest BCUT2D eigenvalue weighted by molar-refractivity contribution is 6.51. The van der Waals surface area contributed by atoms with E-state index >= 15 is 0 Å². The number of halogens is 1. The number of nitrogens with zero attached hydrogens (tertiary/aromatic N) is 2. The van der Waals surface area contributed by atoms with Crippen LogP contribution in [0.4, 0.5) is 5.95 Å². The lowest BCUT2D eigenvalue weighted by molar-refractivity contribution is -0.132. The summed E-state index contributed by atoms with van der Waals surface area (Å²) >= 11 is 6.36. The Balaban J connectivity index is 1.72. The van der Waals surface area contributed by atoms with Gasteiger partial charge in [0.25, 0.3) is 5.78 Å². The molecule has 1 amide bonds. The molecular formula is C27H20ClN3O7. The van der Waals surface area contributed by atoms with E-state index in [1.807, 2.05) is 0 Å². The molecule has 1 aromatic heterocycles. The Kier molecular flexibility index (Phi) is 6.25. The maximum atomic E-state index is 13.4. The normalized spacial score (nSPS) is 16.8. The summed E-state index contributed by atoms with van der Waals surface area (Å²) in [6, 6.07) is 13.4. The molecule has 4 aromatic rings. The maximum Gasteiger partial charge on any atom is 0.335 e. The van der Waals surface area contributed by atoms with Gasteiger partial charge in [0.05, 0.1) is 39.8 Å². The van der Waals surface area contributed by atoms with Crippen molar-refractivity contribution in [3.8, 4) is 11.5 Å². The van der Waals surface area contributed by atoms with E-state index in [1.165, 1.54) is 54.6 Å². The second-order valence-corrected chi connectivity index (χ2v) is 8.84. The van der Waals surface area contributed by atoms with Crippen LogP contribution in [0, 0.1) is 0 Å². The fraction of sp³-hybridized carbons (Fsp3) is 0.111. The van der Waals surface area contributed by atoms with Crippen LogP contribution in [-0.4, -0.2) is 49.6 Å². The minimum atomic E-state index is -1.15. The minimum absolute atomic E-state index is 0.00802. The van der Waals surface area contributed by atoms with Crippen molar-refractivity contribution in [2.45, 2.75) is 13.0 Å². The first-order valence-electron chi connectivity index (χ1n) is 11.4. The first-order valence-corrected chi connectivity index (χ1v) is 11.8. The first kappa shape index (κ1) is 24.8. The molecule has 1 unspecified atom stereocenters. The highest BCUT2D eigenvalue weighted by Crippen LogP contribution is 2.43. The number of ketones is 1. The molecule has 1 saturated heterocycles. The van der Waals surface area contributed by atoms with E-state index in [4.69, 9.17) is 16.3 Å². The molecule has 10 nitrogen and oxygen atoms in total. The molecule has 0 saturated carbocycles. The molecule has 1 aliphatic rings. The van der Waals surface area contributed by atoms with Crippen molar-refractivity contribution in [2.75, 3.05) is 11.5 Å². The molecule has 1 fully saturated rings. The van der Waals surface area contributed by atoms with E-state index in [9.17, 15) is 29.7 Å². The Morgan fingerprint density at radius 2 is 1.82 bits per heavy atom. The molecule has 192 valence electrons. The van der Waals surface area contributed by atoms with Crippen LogP contribution in [0.3, 0.4) is 0 Å². The Labute approximate surface area is 220 Å². The summed E-state index contributed by atoms with van der Waals surface area (Å²) < 4.78 is 5.50. The van der Waals surface area contributed by atoms with Crippen molar-refractivity contribution in [3.63, 3.8) is 0 Å². The van der Waals surface area contributed by atoms with E-state index in [0.717, 1.165) is 4.90 Å². The van der Waals surface area contributed by atoms with Crippen molar-refractivity contribution in [1.29, 1.82) is 0 Å². The number of hydrogen-bond donors (Lipinski definition) is 4. The van der Waals surface area contributed by atoms with Gasteiger partial charge in [0.2, 0.25) is 5.95 Å². The number of aliphatic hydroxyl groups excluding tert-OH is 1. The number of phenolic OH excluding ortho intramolecular Hbond substituents is 1. The zero-order valence-electron chi connectivity index (χ0n) is 19.8. The third-order valence-corrected chi connectivity index (χ3v) is 6.43. The number of carbonyl (C=O) groups excluding carboxylic acids is 2. The van der Waals surface area contributed by atoms with Gasteiger partial charge in [-0.05, 0) is 61.0 Å². The van der Waals surface area contributed by atoms with Gasteiger partial charge in [-0.2, -0.15) is 0 Å². The highest BCUT2D eigenvalue weighted by atomic mass is 35.5. The van der Waals surface area contributed by atoms with Crippen molar-refractivity contribution in [3.05, 3.63) is 87.9 Å². The number of phenols is 1. The van der Waals surface area contributed by atoms with Crippen LogP contribution in [0.15, 0.2) is 66.2 Å². The van der Waals surface area contributed by atoms with Gasteiger partial charge in [0, 0.05) is 5.56 Å². The third-order valence-electron chi connectivity index (χ3n) is 6.10. The number of rotatable bonds is 6. The topological polar surface area (TPSA) is 153 Å². The number of aromatic amines is 1. The number of carboxylic acid groups (broad SMARTS) is 1. The number of carboxylic acids is 1. The predicted molar refractivity (Wildman–Crippen MR) is 139 cm³/mol. The summed E-state index contributed by atoms with van der Waals surface area (Å²) in [5.74, 6) is -3.28. The Bertz CT molecular complexity index is 1640. The number of carbonyl (C=O) groups is 3. The lowest BCUT2D eigenvalue weighted by Gasteiger charge is -2.23. The number of imidazole rings is 1. The number of anilines is 1. The van der Waals surface area contributed by atoms with Crippen LogP contribution in [0.2, 0.25) is 5.02 Å². The minimum Gasteiger partial charge on any atom is -0.508 e. The largest absolute Gasteiger partial charge is 0.508 e. The van der Waals surface area contributed by atoms with E-state index in [2.05, 4.69) is 9.97 Å². The molecule has 4 N–H and O–H groups in total. The standard InChI is InChI=1S/C27H20ClN3O7/c1-2-38-16-8-9-18(28)17(12-16)23(33)21-22(13-3-6-15(32)7-4-13)31(25(35)24(21)34)27-29-19-10-5-14(26(36)37)11-20(19)30-27/h3-12,22,32-33H,2H2,1H3,(H,29,30)(H,36,37)/b23-21+. The molecule has 0 bridgehead atoms.